The average molecular weight is 432 g/mol. The van der Waals surface area contributed by atoms with Crippen LogP contribution in [0.15, 0.2) is 42.5 Å². The number of carbonyl (C=O) groups is 1. The number of carbonyl (C=O) groups excluding carboxylic acids is 1. The number of hydrogen-bond acceptors (Lipinski definition) is 5. The number of benzene rings is 2. The minimum atomic E-state index is -0.611. The molecule has 1 aliphatic heterocycles. The van der Waals surface area contributed by atoms with E-state index in [1.54, 1.807) is 20.1 Å². The van der Waals surface area contributed by atoms with Crippen LogP contribution in [0.25, 0.3) is 0 Å². The van der Waals surface area contributed by atoms with Crippen LogP contribution in [0, 0.1) is 0 Å². The van der Waals surface area contributed by atoms with E-state index in [9.17, 15) is 4.79 Å². The molecule has 1 unspecified atom stereocenters. The molecule has 0 spiro atoms. The highest BCUT2D eigenvalue weighted by Gasteiger charge is 2.21. The SMILES string of the molecule is CCN1CCN(c2ccc(Cl)cc2NC(=O)C(C)OCc2cccc(OC)c2)CC1. The molecule has 7 heteroatoms. The third-order valence-corrected chi connectivity index (χ3v) is 5.62. The lowest BCUT2D eigenvalue weighted by Crippen LogP contribution is -2.46. The van der Waals surface area contributed by atoms with Crippen molar-refractivity contribution in [2.75, 3.05) is 50.1 Å². The van der Waals surface area contributed by atoms with Crippen LogP contribution in [0.5, 0.6) is 5.75 Å². The van der Waals surface area contributed by atoms with Crippen molar-refractivity contribution in [1.29, 1.82) is 0 Å². The summed E-state index contributed by atoms with van der Waals surface area (Å²) in [4.78, 5) is 17.5. The molecule has 1 N–H and O–H groups in total. The summed E-state index contributed by atoms with van der Waals surface area (Å²) in [6.45, 7) is 9.16. The maximum absolute atomic E-state index is 12.8. The summed E-state index contributed by atoms with van der Waals surface area (Å²) < 4.78 is 11.0. The third kappa shape index (κ3) is 5.88. The fourth-order valence-corrected chi connectivity index (χ4v) is 3.65. The summed E-state index contributed by atoms with van der Waals surface area (Å²) in [7, 11) is 1.63. The van der Waals surface area contributed by atoms with E-state index in [1.807, 2.05) is 36.4 Å². The van der Waals surface area contributed by atoms with E-state index in [-0.39, 0.29) is 5.91 Å². The first-order chi connectivity index (χ1) is 14.5. The molecule has 2 aromatic rings. The smallest absolute Gasteiger partial charge is 0.253 e. The van der Waals surface area contributed by atoms with Crippen molar-refractivity contribution in [3.8, 4) is 5.75 Å². The Bertz CT molecular complexity index is 853. The van der Waals surface area contributed by atoms with E-state index < -0.39 is 6.10 Å². The van der Waals surface area contributed by atoms with Crippen LogP contribution >= 0.6 is 11.6 Å². The molecule has 2 aromatic carbocycles. The van der Waals surface area contributed by atoms with Gasteiger partial charge < -0.3 is 24.6 Å². The minimum absolute atomic E-state index is 0.200. The van der Waals surface area contributed by atoms with Gasteiger partial charge in [0.2, 0.25) is 0 Å². The van der Waals surface area contributed by atoms with E-state index in [0.29, 0.717) is 17.3 Å². The van der Waals surface area contributed by atoms with E-state index in [4.69, 9.17) is 21.1 Å². The van der Waals surface area contributed by atoms with Crippen LogP contribution in [0.3, 0.4) is 0 Å². The standard InChI is InChI=1S/C23H30ClN3O3/c1-4-26-10-12-27(13-11-26)22-9-8-19(24)15-21(22)25-23(28)17(2)30-16-18-6-5-7-20(14-18)29-3/h5-9,14-15,17H,4,10-13,16H2,1-3H3,(H,25,28). The Balaban J connectivity index is 1.63. The second-order valence-electron chi connectivity index (χ2n) is 7.38. The fraction of sp³-hybridized carbons (Fsp3) is 0.435. The van der Waals surface area contributed by atoms with E-state index in [2.05, 4.69) is 22.0 Å². The second kappa shape index (κ2) is 10.7. The first-order valence-electron chi connectivity index (χ1n) is 10.3. The highest BCUT2D eigenvalue weighted by molar-refractivity contribution is 6.31. The largest absolute Gasteiger partial charge is 0.497 e. The number of nitrogens with zero attached hydrogens (tertiary/aromatic N) is 2. The van der Waals surface area contributed by atoms with Gasteiger partial charge in [0, 0.05) is 31.2 Å². The zero-order chi connectivity index (χ0) is 21.5. The number of methoxy groups -OCH3 is 1. The monoisotopic (exact) mass is 431 g/mol. The molecule has 30 heavy (non-hydrogen) atoms. The van der Waals surface area contributed by atoms with Crippen molar-refractivity contribution in [2.24, 2.45) is 0 Å². The number of likely N-dealkylation sites (N-methyl/N-ethyl adjacent to an activating group) is 1. The molecular weight excluding hydrogens is 402 g/mol. The summed E-state index contributed by atoms with van der Waals surface area (Å²) in [6.07, 6.45) is -0.611. The molecule has 0 radical (unpaired) electrons. The first-order valence-corrected chi connectivity index (χ1v) is 10.7. The number of anilines is 2. The Morgan fingerprint density at radius 3 is 2.63 bits per heavy atom. The molecule has 1 aliphatic rings. The van der Waals surface area contributed by atoms with Gasteiger partial charge in [-0.15, -0.1) is 0 Å². The predicted molar refractivity (Wildman–Crippen MR) is 122 cm³/mol. The van der Waals surface area contributed by atoms with Crippen LogP contribution in [0.1, 0.15) is 19.4 Å². The molecule has 0 aromatic heterocycles. The Kier molecular flexibility index (Phi) is 7.96. The van der Waals surface area contributed by atoms with Crippen LogP contribution in [0.2, 0.25) is 5.02 Å². The van der Waals surface area contributed by atoms with Crippen molar-refractivity contribution in [3.63, 3.8) is 0 Å². The molecule has 0 aliphatic carbocycles. The van der Waals surface area contributed by atoms with E-state index in [1.165, 1.54) is 0 Å². The normalized spacial score (nSPS) is 15.7. The van der Waals surface area contributed by atoms with Gasteiger partial charge >= 0.3 is 0 Å². The van der Waals surface area contributed by atoms with Gasteiger partial charge in [0.05, 0.1) is 25.1 Å². The Hall–Kier alpha value is -2.28. The lowest BCUT2D eigenvalue weighted by molar-refractivity contribution is -0.127. The van der Waals surface area contributed by atoms with Crippen molar-refractivity contribution in [1.82, 2.24) is 4.90 Å². The molecule has 0 bridgehead atoms. The Morgan fingerprint density at radius 2 is 1.93 bits per heavy atom. The Morgan fingerprint density at radius 1 is 1.17 bits per heavy atom. The minimum Gasteiger partial charge on any atom is -0.497 e. The predicted octanol–water partition coefficient (Wildman–Crippen LogP) is 4.03. The number of ether oxygens (including phenoxy) is 2. The Labute approximate surface area is 183 Å². The van der Waals surface area contributed by atoms with Crippen LogP contribution < -0.4 is 15.0 Å². The zero-order valence-electron chi connectivity index (χ0n) is 17.9. The summed E-state index contributed by atoms with van der Waals surface area (Å²) in [6, 6.07) is 13.3. The number of amides is 1. The van der Waals surface area contributed by atoms with Gasteiger partial charge in [0.15, 0.2) is 0 Å². The maximum Gasteiger partial charge on any atom is 0.253 e. The molecule has 1 atom stereocenters. The molecule has 1 amide bonds. The van der Waals surface area contributed by atoms with Gasteiger partial charge in [-0.1, -0.05) is 30.7 Å². The lowest BCUT2D eigenvalue weighted by atomic mass is 10.2. The number of halogens is 1. The van der Waals surface area contributed by atoms with Crippen molar-refractivity contribution in [3.05, 3.63) is 53.1 Å². The molecule has 1 fully saturated rings. The van der Waals surface area contributed by atoms with Crippen molar-refractivity contribution < 1.29 is 14.3 Å². The van der Waals surface area contributed by atoms with Gasteiger partial charge in [0.25, 0.3) is 5.91 Å². The van der Waals surface area contributed by atoms with Gasteiger partial charge in [-0.3, -0.25) is 4.79 Å². The van der Waals surface area contributed by atoms with Gasteiger partial charge in [0.1, 0.15) is 11.9 Å². The average Bonchev–Trinajstić information content (AvgIpc) is 2.77. The van der Waals surface area contributed by atoms with Gasteiger partial charge in [-0.05, 0) is 49.4 Å². The summed E-state index contributed by atoms with van der Waals surface area (Å²) in [5.41, 5.74) is 2.66. The van der Waals surface area contributed by atoms with E-state index >= 15 is 0 Å². The molecule has 0 saturated carbocycles. The molecule has 1 saturated heterocycles. The number of nitrogens with one attached hydrogen (secondary N) is 1. The zero-order valence-corrected chi connectivity index (χ0v) is 18.6. The molecule has 162 valence electrons. The van der Waals surface area contributed by atoms with Crippen LogP contribution in [-0.2, 0) is 16.1 Å². The second-order valence-corrected chi connectivity index (χ2v) is 7.81. The van der Waals surface area contributed by atoms with Crippen molar-refractivity contribution >= 4 is 28.9 Å². The molecular formula is C23H30ClN3O3. The summed E-state index contributed by atoms with van der Waals surface area (Å²) in [5, 5.41) is 3.59. The number of rotatable bonds is 8. The summed E-state index contributed by atoms with van der Waals surface area (Å²) >= 11 is 6.21. The van der Waals surface area contributed by atoms with Gasteiger partial charge in [-0.2, -0.15) is 0 Å². The molecule has 1 heterocycles. The van der Waals surface area contributed by atoms with Crippen LogP contribution in [0.4, 0.5) is 11.4 Å². The van der Waals surface area contributed by atoms with Crippen LogP contribution in [-0.4, -0.2) is 56.7 Å². The topological polar surface area (TPSA) is 54.0 Å². The molecule has 6 nitrogen and oxygen atoms in total. The third-order valence-electron chi connectivity index (χ3n) is 5.38. The lowest BCUT2D eigenvalue weighted by Gasteiger charge is -2.36. The van der Waals surface area contributed by atoms with E-state index in [0.717, 1.165) is 49.7 Å². The first kappa shape index (κ1) is 22.4. The highest BCUT2D eigenvalue weighted by Crippen LogP contribution is 2.30. The molecule has 3 rings (SSSR count). The highest BCUT2D eigenvalue weighted by atomic mass is 35.5. The fourth-order valence-electron chi connectivity index (χ4n) is 3.48. The number of piperazine rings is 1. The maximum atomic E-state index is 12.8. The summed E-state index contributed by atoms with van der Waals surface area (Å²) in [5.74, 6) is 0.563. The van der Waals surface area contributed by atoms with Crippen molar-refractivity contribution in [2.45, 2.75) is 26.6 Å². The van der Waals surface area contributed by atoms with Gasteiger partial charge in [-0.25, -0.2) is 0 Å². The number of hydrogen-bond donors (Lipinski definition) is 1. The quantitative estimate of drug-likeness (QED) is 0.683.